The zero-order chi connectivity index (χ0) is 30.3. The van der Waals surface area contributed by atoms with Crippen molar-refractivity contribution in [1.29, 1.82) is 5.26 Å². The highest BCUT2D eigenvalue weighted by molar-refractivity contribution is 5.95. The van der Waals surface area contributed by atoms with Gasteiger partial charge in [-0.3, -0.25) is 14.4 Å². The van der Waals surface area contributed by atoms with Crippen LogP contribution >= 0.6 is 0 Å². The second-order valence-electron chi connectivity index (χ2n) is 11.6. The van der Waals surface area contributed by atoms with E-state index in [2.05, 4.69) is 32.2 Å². The average Bonchev–Trinajstić information content (AvgIpc) is 3.52. The predicted molar refractivity (Wildman–Crippen MR) is 156 cm³/mol. The minimum absolute atomic E-state index is 0.0636. The van der Waals surface area contributed by atoms with E-state index in [1.54, 1.807) is 38.1 Å². The molecule has 0 radical (unpaired) electrons. The molecule has 11 nitrogen and oxygen atoms in total. The van der Waals surface area contributed by atoms with Crippen molar-refractivity contribution < 1.29 is 18.8 Å². The molecular formula is C32H35N7O4. The number of amides is 3. The summed E-state index contributed by atoms with van der Waals surface area (Å²) >= 11 is 0. The molecule has 0 bridgehead atoms. The number of benzene rings is 2. The van der Waals surface area contributed by atoms with E-state index in [0.29, 0.717) is 54.6 Å². The molecule has 3 aliphatic rings. The van der Waals surface area contributed by atoms with Gasteiger partial charge in [0.1, 0.15) is 11.5 Å². The van der Waals surface area contributed by atoms with E-state index in [1.165, 1.54) is 0 Å². The quantitative estimate of drug-likeness (QED) is 0.342. The monoisotopic (exact) mass is 581 g/mol. The van der Waals surface area contributed by atoms with Gasteiger partial charge in [0.25, 0.3) is 11.8 Å². The molecule has 1 aromatic heterocycles. The van der Waals surface area contributed by atoms with Gasteiger partial charge in [-0.25, -0.2) is 0 Å². The minimum Gasteiger partial charge on any atom is -0.424 e. The minimum atomic E-state index is -0.911. The first-order valence-corrected chi connectivity index (χ1v) is 14.7. The van der Waals surface area contributed by atoms with E-state index in [-0.39, 0.29) is 36.3 Å². The van der Waals surface area contributed by atoms with Crippen LogP contribution in [0, 0.1) is 24.2 Å². The Kier molecular flexibility index (Phi) is 7.48. The summed E-state index contributed by atoms with van der Waals surface area (Å²) in [6, 6.07) is 13.5. The van der Waals surface area contributed by atoms with Crippen LogP contribution in [0.15, 0.2) is 40.8 Å². The number of fused-ring (bicyclic) bond motifs is 3. The maximum Gasteiger partial charge on any atom is 0.251 e. The number of likely N-dealkylation sites (tertiary alicyclic amines) is 1. The van der Waals surface area contributed by atoms with Gasteiger partial charge in [0.15, 0.2) is 0 Å². The predicted octanol–water partition coefficient (Wildman–Crippen LogP) is 2.02. The largest absolute Gasteiger partial charge is 0.424 e. The van der Waals surface area contributed by atoms with Crippen LogP contribution in [0.25, 0.3) is 0 Å². The summed E-state index contributed by atoms with van der Waals surface area (Å²) in [4.78, 5) is 40.1. The molecule has 1 saturated carbocycles. The summed E-state index contributed by atoms with van der Waals surface area (Å²) < 4.78 is 6.18. The van der Waals surface area contributed by atoms with E-state index < -0.39 is 5.41 Å². The molecule has 0 spiro atoms. The first-order chi connectivity index (χ1) is 20.8. The lowest BCUT2D eigenvalue weighted by Crippen LogP contribution is -2.44. The smallest absolute Gasteiger partial charge is 0.251 e. The molecule has 0 unspecified atom stereocenters. The molecule has 2 heterocycles. The van der Waals surface area contributed by atoms with Crippen LogP contribution in [0.1, 0.15) is 74.0 Å². The molecule has 3 amide bonds. The third kappa shape index (κ3) is 4.95. The van der Waals surface area contributed by atoms with Gasteiger partial charge in [0, 0.05) is 38.2 Å². The van der Waals surface area contributed by atoms with Gasteiger partial charge in [-0.05, 0) is 91.1 Å². The van der Waals surface area contributed by atoms with Gasteiger partial charge in [-0.1, -0.05) is 12.1 Å². The highest BCUT2D eigenvalue weighted by Crippen LogP contribution is 2.48. The third-order valence-electron chi connectivity index (χ3n) is 9.16. The Balaban J connectivity index is 1.40. The van der Waals surface area contributed by atoms with Gasteiger partial charge in [0.2, 0.25) is 17.7 Å². The summed E-state index contributed by atoms with van der Waals surface area (Å²) in [5.74, 6) is 0.863. The third-order valence-corrected chi connectivity index (χ3v) is 9.16. The van der Waals surface area contributed by atoms with Crippen molar-refractivity contribution in [3.63, 3.8) is 0 Å². The molecular weight excluding hydrogens is 546 g/mol. The number of aryl methyl sites for hydroxylation is 3. The zero-order valence-electron chi connectivity index (χ0n) is 24.6. The SMILES string of the molecule is CNC(=O)c1ccc2c(c1)CCc1cc(C(=O)NC)ccc1C2(CCNCC(=O)N1[C@H](C#N)C[C@@H]2C[C@@H]21)c1nnc(C)o1. The van der Waals surface area contributed by atoms with Crippen LogP contribution < -0.4 is 16.0 Å². The van der Waals surface area contributed by atoms with E-state index in [9.17, 15) is 19.6 Å². The zero-order valence-corrected chi connectivity index (χ0v) is 24.6. The molecule has 1 saturated heterocycles. The molecule has 43 heavy (non-hydrogen) atoms. The van der Waals surface area contributed by atoms with E-state index in [4.69, 9.17) is 4.42 Å². The van der Waals surface area contributed by atoms with Crippen LogP contribution in [0.5, 0.6) is 0 Å². The standard InChI is InChI=1S/C32H35N7O4/c1-18-37-38-31(43-18)32(10-11-36-17-28(40)39-24(16-33)14-23-15-27(23)39)25-8-6-21(29(41)34-2)12-19(25)4-5-20-13-22(30(42)35-3)7-9-26(20)32/h6-9,12-13,23-24,27,36H,4-5,10-11,14-15,17H2,1-3H3,(H,34,41)(H,35,42)/t23-,24+,27+/m1/s1. The van der Waals surface area contributed by atoms with Crippen LogP contribution in [-0.4, -0.2) is 72.1 Å². The molecule has 6 rings (SSSR count). The highest BCUT2D eigenvalue weighted by atomic mass is 16.4. The van der Waals surface area contributed by atoms with Gasteiger partial charge in [-0.15, -0.1) is 10.2 Å². The number of hydrogen-bond donors (Lipinski definition) is 3. The molecule has 222 valence electrons. The molecule has 2 aliphatic carbocycles. The molecule has 3 atom stereocenters. The van der Waals surface area contributed by atoms with E-state index in [1.807, 2.05) is 24.3 Å². The molecule has 3 N–H and O–H groups in total. The summed E-state index contributed by atoms with van der Waals surface area (Å²) in [5, 5.41) is 27.0. The summed E-state index contributed by atoms with van der Waals surface area (Å²) in [7, 11) is 3.21. The topological polar surface area (TPSA) is 153 Å². The van der Waals surface area contributed by atoms with Crippen LogP contribution in [0.3, 0.4) is 0 Å². The number of hydrogen-bond acceptors (Lipinski definition) is 8. The Morgan fingerprint density at radius 3 is 2.16 bits per heavy atom. The van der Waals surface area contributed by atoms with Crippen molar-refractivity contribution in [2.45, 2.75) is 56.5 Å². The van der Waals surface area contributed by atoms with Gasteiger partial charge >= 0.3 is 0 Å². The number of carbonyl (C=O) groups excluding carboxylic acids is 3. The Labute approximate surface area is 250 Å². The number of aromatic nitrogens is 2. The summed E-state index contributed by atoms with van der Waals surface area (Å²) in [6.45, 7) is 2.29. The van der Waals surface area contributed by atoms with Crippen LogP contribution in [0.2, 0.25) is 0 Å². The first kappa shape index (κ1) is 28.6. The van der Waals surface area contributed by atoms with Crippen molar-refractivity contribution in [2.24, 2.45) is 5.92 Å². The van der Waals surface area contributed by atoms with Crippen LogP contribution in [0.4, 0.5) is 0 Å². The van der Waals surface area contributed by atoms with Crippen LogP contribution in [-0.2, 0) is 23.1 Å². The van der Waals surface area contributed by atoms with Crippen molar-refractivity contribution in [2.75, 3.05) is 27.2 Å². The van der Waals surface area contributed by atoms with E-state index >= 15 is 0 Å². The maximum absolute atomic E-state index is 13.2. The number of piperidine rings is 1. The van der Waals surface area contributed by atoms with Gasteiger partial charge in [-0.2, -0.15) is 5.26 Å². The van der Waals surface area contributed by atoms with Crippen molar-refractivity contribution in [1.82, 2.24) is 31.0 Å². The lowest BCUT2D eigenvalue weighted by molar-refractivity contribution is -0.131. The fourth-order valence-corrected chi connectivity index (χ4v) is 6.99. The number of nitrogens with zero attached hydrogens (tertiary/aromatic N) is 4. The molecule has 2 fully saturated rings. The number of nitriles is 1. The second kappa shape index (κ2) is 11.3. The molecule has 11 heteroatoms. The average molecular weight is 582 g/mol. The molecule has 1 aliphatic heterocycles. The lowest BCUT2D eigenvalue weighted by Gasteiger charge is -2.34. The number of rotatable bonds is 8. The molecule has 3 aromatic rings. The van der Waals surface area contributed by atoms with E-state index in [0.717, 1.165) is 35.1 Å². The van der Waals surface area contributed by atoms with Crippen molar-refractivity contribution in [3.05, 3.63) is 81.6 Å². The Bertz CT molecular complexity index is 1570. The second-order valence-corrected chi connectivity index (χ2v) is 11.6. The summed E-state index contributed by atoms with van der Waals surface area (Å²) in [6.07, 6.45) is 3.48. The van der Waals surface area contributed by atoms with Crippen molar-refractivity contribution in [3.8, 4) is 6.07 Å². The summed E-state index contributed by atoms with van der Waals surface area (Å²) in [5.41, 5.74) is 4.01. The van der Waals surface area contributed by atoms with Gasteiger partial charge in [0.05, 0.1) is 12.6 Å². The number of carbonyl (C=O) groups is 3. The normalized spacial score (nSPS) is 21.1. The van der Waals surface area contributed by atoms with Crippen molar-refractivity contribution >= 4 is 17.7 Å². The highest BCUT2D eigenvalue weighted by Gasteiger charge is 2.54. The first-order valence-electron chi connectivity index (χ1n) is 14.7. The Morgan fingerprint density at radius 2 is 1.63 bits per heavy atom. The lowest BCUT2D eigenvalue weighted by atomic mass is 9.69. The fraction of sp³-hybridized carbons (Fsp3) is 0.438. The Morgan fingerprint density at radius 1 is 1.00 bits per heavy atom. The Hall–Kier alpha value is -4.56. The molecule has 2 aromatic carbocycles. The fourth-order valence-electron chi connectivity index (χ4n) is 6.99. The maximum atomic E-state index is 13.2. The number of nitrogens with one attached hydrogen (secondary N) is 3. The van der Waals surface area contributed by atoms with Gasteiger partial charge < -0.3 is 25.3 Å².